The van der Waals surface area contributed by atoms with E-state index in [2.05, 4.69) is 0 Å². The van der Waals surface area contributed by atoms with Crippen LogP contribution in [0.3, 0.4) is 0 Å². The summed E-state index contributed by atoms with van der Waals surface area (Å²) in [5, 5.41) is 18.3. The largest absolute Gasteiger partial charge is 0.492 e. The van der Waals surface area contributed by atoms with E-state index in [4.69, 9.17) is 14.8 Å². The number of benzene rings is 2. The summed E-state index contributed by atoms with van der Waals surface area (Å²) >= 11 is 0. The van der Waals surface area contributed by atoms with Gasteiger partial charge in [-0.3, -0.25) is 4.79 Å². The highest BCUT2D eigenvalue weighted by Gasteiger charge is 2.24. The molecule has 0 unspecified atom stereocenters. The van der Waals surface area contributed by atoms with Gasteiger partial charge in [-0.25, -0.2) is 4.39 Å². The molecule has 2 rings (SSSR count). The molecule has 0 atom stereocenters. The van der Waals surface area contributed by atoms with Crippen LogP contribution in [0.25, 0.3) is 0 Å². The van der Waals surface area contributed by atoms with Crippen molar-refractivity contribution in [1.82, 2.24) is 0 Å². The van der Waals surface area contributed by atoms with Crippen LogP contribution in [0.5, 0.6) is 5.75 Å². The lowest BCUT2D eigenvalue weighted by Crippen LogP contribution is -2.36. The highest BCUT2D eigenvalue weighted by molar-refractivity contribution is 6.60. The number of halogens is 1. The first-order valence-electron chi connectivity index (χ1n) is 5.94. The molecule has 0 aromatic heterocycles. The maximum absolute atomic E-state index is 14.1. The Labute approximate surface area is 115 Å². The van der Waals surface area contributed by atoms with Gasteiger partial charge < -0.3 is 14.8 Å². The topological polar surface area (TPSA) is 66.8 Å². The van der Waals surface area contributed by atoms with Gasteiger partial charge in [0.2, 0.25) is 0 Å². The third-order valence-corrected chi connectivity index (χ3v) is 2.80. The summed E-state index contributed by atoms with van der Waals surface area (Å²) in [6, 6.07) is 11.7. The Balaban J connectivity index is 2.25. The lowest BCUT2D eigenvalue weighted by Gasteiger charge is -2.11. The Morgan fingerprint density at radius 1 is 1.15 bits per heavy atom. The molecule has 2 N–H and O–H groups in total. The van der Waals surface area contributed by atoms with Crippen molar-refractivity contribution in [2.24, 2.45) is 0 Å². The van der Waals surface area contributed by atoms with Crippen molar-refractivity contribution in [2.45, 2.75) is 6.61 Å². The molecule has 0 saturated carbocycles. The van der Waals surface area contributed by atoms with Crippen LogP contribution in [-0.2, 0) is 6.61 Å². The van der Waals surface area contributed by atoms with Crippen molar-refractivity contribution in [3.8, 4) is 5.75 Å². The van der Waals surface area contributed by atoms with Crippen LogP contribution < -0.4 is 10.2 Å². The highest BCUT2D eigenvalue weighted by atomic mass is 19.1. The normalized spacial score (nSPS) is 10.2. The second kappa shape index (κ2) is 6.32. The average molecular weight is 274 g/mol. The van der Waals surface area contributed by atoms with E-state index in [-0.39, 0.29) is 17.9 Å². The first kappa shape index (κ1) is 14.2. The van der Waals surface area contributed by atoms with Gasteiger partial charge in [-0.05, 0) is 17.7 Å². The average Bonchev–Trinajstić information content (AvgIpc) is 2.46. The number of hydrogen-bond donors (Lipinski definition) is 2. The zero-order valence-electron chi connectivity index (χ0n) is 10.5. The van der Waals surface area contributed by atoms with E-state index in [1.54, 1.807) is 0 Å². The molecule has 0 radical (unpaired) electrons. The number of aldehydes is 1. The van der Waals surface area contributed by atoms with Crippen LogP contribution in [0.15, 0.2) is 42.5 Å². The lowest BCUT2D eigenvalue weighted by molar-refractivity contribution is 0.112. The van der Waals surface area contributed by atoms with Gasteiger partial charge in [0, 0.05) is 11.0 Å². The summed E-state index contributed by atoms with van der Waals surface area (Å²) in [6.07, 6.45) is 0.360. The van der Waals surface area contributed by atoms with Crippen LogP contribution in [-0.4, -0.2) is 23.5 Å². The molecule has 0 amide bonds. The zero-order valence-corrected chi connectivity index (χ0v) is 10.5. The SMILES string of the molecule is O=Cc1ccc(OCc2ccccc2)c(F)c1B(O)O. The summed E-state index contributed by atoms with van der Waals surface area (Å²) in [6.45, 7) is 0.138. The summed E-state index contributed by atoms with van der Waals surface area (Å²) < 4.78 is 19.4. The summed E-state index contributed by atoms with van der Waals surface area (Å²) in [5.41, 5.74) is 0.243. The molecule has 0 fully saturated rings. The van der Waals surface area contributed by atoms with Gasteiger partial charge in [-0.2, -0.15) is 0 Å². The highest BCUT2D eigenvalue weighted by Crippen LogP contribution is 2.18. The molecule has 0 saturated heterocycles. The maximum atomic E-state index is 14.1. The minimum Gasteiger partial charge on any atom is -0.486 e. The maximum Gasteiger partial charge on any atom is 0.492 e. The van der Waals surface area contributed by atoms with Crippen LogP contribution in [0.1, 0.15) is 15.9 Å². The number of hydrogen-bond acceptors (Lipinski definition) is 4. The van der Waals surface area contributed by atoms with E-state index in [9.17, 15) is 9.18 Å². The number of ether oxygens (including phenoxy) is 1. The summed E-state index contributed by atoms with van der Waals surface area (Å²) in [4.78, 5) is 10.7. The van der Waals surface area contributed by atoms with Crippen LogP contribution in [0.4, 0.5) is 4.39 Å². The molecular weight excluding hydrogens is 262 g/mol. The Bertz CT molecular complexity index is 602. The fourth-order valence-corrected chi connectivity index (χ4v) is 1.80. The van der Waals surface area contributed by atoms with E-state index in [0.29, 0.717) is 6.29 Å². The minimum absolute atomic E-state index is 0.121. The van der Waals surface area contributed by atoms with Crippen molar-refractivity contribution in [3.63, 3.8) is 0 Å². The second-order valence-electron chi connectivity index (χ2n) is 4.15. The quantitative estimate of drug-likeness (QED) is 0.628. The predicted octanol–water partition coefficient (Wildman–Crippen LogP) is 0.897. The van der Waals surface area contributed by atoms with Crippen molar-refractivity contribution >= 4 is 18.9 Å². The molecule has 6 heteroatoms. The summed E-state index contributed by atoms with van der Waals surface area (Å²) in [5.74, 6) is -1.08. The third-order valence-electron chi connectivity index (χ3n) is 2.80. The van der Waals surface area contributed by atoms with Crippen molar-refractivity contribution in [2.75, 3.05) is 0 Å². The number of carbonyl (C=O) groups is 1. The van der Waals surface area contributed by atoms with Gasteiger partial charge in [0.1, 0.15) is 12.9 Å². The fourth-order valence-electron chi connectivity index (χ4n) is 1.80. The molecule has 0 heterocycles. The standard InChI is InChI=1S/C14H12BFO4/c16-14-12(20-9-10-4-2-1-3-5-10)7-6-11(8-17)13(14)15(18)19/h1-8,18-19H,9H2. The molecule has 102 valence electrons. The van der Waals surface area contributed by atoms with Gasteiger partial charge in [0.25, 0.3) is 0 Å². The van der Waals surface area contributed by atoms with Crippen molar-refractivity contribution in [3.05, 3.63) is 59.4 Å². The van der Waals surface area contributed by atoms with Crippen molar-refractivity contribution < 1.29 is 24.0 Å². The van der Waals surface area contributed by atoms with Gasteiger partial charge in [-0.15, -0.1) is 0 Å². The number of carbonyl (C=O) groups excluding carboxylic acids is 1. The first-order chi connectivity index (χ1) is 9.63. The monoisotopic (exact) mass is 274 g/mol. The fraction of sp³-hybridized carbons (Fsp3) is 0.0714. The molecule has 0 aliphatic heterocycles. The molecule has 2 aromatic rings. The smallest absolute Gasteiger partial charge is 0.486 e. The van der Waals surface area contributed by atoms with Gasteiger partial charge in [0.05, 0.1) is 0 Å². The van der Waals surface area contributed by atoms with Crippen LogP contribution >= 0.6 is 0 Å². The van der Waals surface area contributed by atoms with E-state index >= 15 is 0 Å². The lowest BCUT2D eigenvalue weighted by atomic mass is 9.76. The minimum atomic E-state index is -2.07. The van der Waals surface area contributed by atoms with E-state index in [1.807, 2.05) is 30.3 Å². The molecule has 2 aromatic carbocycles. The van der Waals surface area contributed by atoms with E-state index in [1.165, 1.54) is 12.1 Å². The Morgan fingerprint density at radius 2 is 1.85 bits per heavy atom. The molecule has 0 spiro atoms. The van der Waals surface area contributed by atoms with E-state index < -0.39 is 18.4 Å². The van der Waals surface area contributed by atoms with Crippen LogP contribution in [0, 0.1) is 5.82 Å². The Kier molecular flexibility index (Phi) is 4.50. The van der Waals surface area contributed by atoms with Gasteiger partial charge in [-0.1, -0.05) is 30.3 Å². The molecule has 0 bridgehead atoms. The van der Waals surface area contributed by atoms with Crippen molar-refractivity contribution in [1.29, 1.82) is 0 Å². The van der Waals surface area contributed by atoms with Crippen LogP contribution in [0.2, 0.25) is 0 Å². The second-order valence-corrected chi connectivity index (χ2v) is 4.15. The predicted molar refractivity (Wildman–Crippen MR) is 72.4 cm³/mol. The number of rotatable bonds is 5. The molecule has 4 nitrogen and oxygen atoms in total. The zero-order chi connectivity index (χ0) is 14.5. The molecule has 0 aliphatic carbocycles. The Hall–Kier alpha value is -2.18. The molecular formula is C14H12BFO4. The summed E-state index contributed by atoms with van der Waals surface area (Å²) in [7, 11) is -2.07. The molecule has 0 aliphatic rings. The van der Waals surface area contributed by atoms with Gasteiger partial charge in [0.15, 0.2) is 11.6 Å². The molecule has 20 heavy (non-hydrogen) atoms. The third kappa shape index (κ3) is 3.04. The van der Waals surface area contributed by atoms with E-state index in [0.717, 1.165) is 5.56 Å². The Morgan fingerprint density at radius 3 is 2.45 bits per heavy atom. The first-order valence-corrected chi connectivity index (χ1v) is 5.94. The van der Waals surface area contributed by atoms with Gasteiger partial charge >= 0.3 is 7.12 Å².